The Kier molecular flexibility index (Phi) is 5.17. The van der Waals surface area contributed by atoms with E-state index in [1.807, 2.05) is 0 Å². The number of Topliss-reactive ketones (excluding diaryl/α,β-unsaturated/α-hetero) is 1. The number of alkyl halides is 3. The van der Waals surface area contributed by atoms with Crippen molar-refractivity contribution in [3.8, 4) is 0 Å². The number of benzene rings is 1. The largest absolute Gasteiger partial charge is 0.393 e. The molecule has 1 atom stereocenters. The van der Waals surface area contributed by atoms with Gasteiger partial charge in [-0.15, -0.1) is 0 Å². The topological polar surface area (TPSA) is 20.3 Å². The molecule has 1 fully saturated rings. The second kappa shape index (κ2) is 6.55. The highest BCUT2D eigenvalue weighted by Crippen LogP contribution is 2.33. The van der Waals surface area contributed by atoms with E-state index in [1.165, 1.54) is 23.1 Å². The first-order valence-electron chi connectivity index (χ1n) is 6.54. The third kappa shape index (κ3) is 4.34. The molecular weight excluding hydrogens is 326 g/mol. The lowest BCUT2D eigenvalue weighted by atomic mass is 9.97. The number of likely N-dealkylation sites (tertiary alicyclic amines) is 1. The monoisotopic (exact) mass is 339 g/mol. The van der Waals surface area contributed by atoms with E-state index in [0.717, 1.165) is 0 Å². The molecule has 0 aromatic heterocycles. The fourth-order valence-corrected chi connectivity index (χ4v) is 2.98. The molecule has 0 bridgehead atoms. The predicted octanol–water partition coefficient (Wildman–Crippen LogP) is 4.45. The average molecular weight is 340 g/mol. The number of halogens is 5. The molecule has 116 valence electrons. The van der Waals surface area contributed by atoms with Crippen molar-refractivity contribution in [2.24, 2.45) is 5.92 Å². The van der Waals surface area contributed by atoms with Gasteiger partial charge in [-0.1, -0.05) is 23.2 Å². The molecule has 2 nitrogen and oxygen atoms in total. The molecule has 1 saturated heterocycles. The van der Waals surface area contributed by atoms with Crippen LogP contribution in [0.25, 0.3) is 0 Å². The molecule has 1 heterocycles. The highest BCUT2D eigenvalue weighted by Gasteiger charge is 2.41. The van der Waals surface area contributed by atoms with Gasteiger partial charge in [-0.3, -0.25) is 9.69 Å². The molecule has 1 aliphatic rings. The molecule has 1 aliphatic heterocycles. The standard InChI is InChI=1S/C14H14Cl2F3NO/c15-10-3-4-11(12(16)6-10)13(21)8-20-5-1-2-9(7-20)14(17,18)19/h3-4,6,9H,1-2,5,7-8H2. The van der Waals surface area contributed by atoms with Crippen LogP contribution in [0.1, 0.15) is 23.2 Å². The summed E-state index contributed by atoms with van der Waals surface area (Å²) < 4.78 is 38.2. The third-order valence-corrected chi connectivity index (χ3v) is 4.11. The van der Waals surface area contributed by atoms with Crippen molar-refractivity contribution >= 4 is 29.0 Å². The lowest BCUT2D eigenvalue weighted by molar-refractivity contribution is -0.186. The summed E-state index contributed by atoms with van der Waals surface area (Å²) in [7, 11) is 0. The maximum absolute atomic E-state index is 12.7. The van der Waals surface area contributed by atoms with Gasteiger partial charge < -0.3 is 0 Å². The summed E-state index contributed by atoms with van der Waals surface area (Å²) in [5.74, 6) is -1.65. The quantitative estimate of drug-likeness (QED) is 0.758. The summed E-state index contributed by atoms with van der Waals surface area (Å²) in [6, 6.07) is 4.48. The van der Waals surface area contributed by atoms with E-state index >= 15 is 0 Å². The van der Waals surface area contributed by atoms with Crippen LogP contribution < -0.4 is 0 Å². The number of nitrogens with zero attached hydrogens (tertiary/aromatic N) is 1. The van der Waals surface area contributed by atoms with Crippen molar-refractivity contribution in [3.05, 3.63) is 33.8 Å². The smallest absolute Gasteiger partial charge is 0.295 e. The summed E-state index contributed by atoms with van der Waals surface area (Å²) in [6.07, 6.45) is -3.65. The van der Waals surface area contributed by atoms with Gasteiger partial charge in [0.25, 0.3) is 0 Å². The third-order valence-electron chi connectivity index (χ3n) is 3.57. The Morgan fingerprint density at radius 2 is 2.05 bits per heavy atom. The van der Waals surface area contributed by atoms with Crippen LogP contribution in [0, 0.1) is 5.92 Å². The van der Waals surface area contributed by atoms with Crippen LogP contribution in [0.4, 0.5) is 13.2 Å². The van der Waals surface area contributed by atoms with Crippen LogP contribution in [0.3, 0.4) is 0 Å². The van der Waals surface area contributed by atoms with Gasteiger partial charge in [0.1, 0.15) is 0 Å². The summed E-state index contributed by atoms with van der Waals surface area (Å²) in [6.45, 7) is 0.290. The minimum atomic E-state index is -4.21. The van der Waals surface area contributed by atoms with Gasteiger partial charge in [0, 0.05) is 17.1 Å². The van der Waals surface area contributed by atoms with Crippen LogP contribution in [-0.4, -0.2) is 36.5 Å². The van der Waals surface area contributed by atoms with Crippen molar-refractivity contribution in [2.45, 2.75) is 19.0 Å². The lowest BCUT2D eigenvalue weighted by Gasteiger charge is -2.33. The average Bonchev–Trinajstić information content (AvgIpc) is 2.37. The minimum absolute atomic E-state index is 0.0616. The fourth-order valence-electron chi connectivity index (χ4n) is 2.47. The number of carbonyl (C=O) groups excluding carboxylic acids is 1. The van der Waals surface area contributed by atoms with Gasteiger partial charge in [-0.05, 0) is 37.6 Å². The number of hydrogen-bond donors (Lipinski definition) is 0. The van der Waals surface area contributed by atoms with Crippen LogP contribution in [-0.2, 0) is 0 Å². The highest BCUT2D eigenvalue weighted by atomic mass is 35.5. The van der Waals surface area contributed by atoms with Gasteiger partial charge in [-0.2, -0.15) is 13.2 Å². The fraction of sp³-hybridized carbons (Fsp3) is 0.500. The molecule has 1 aromatic carbocycles. The number of hydrogen-bond acceptors (Lipinski definition) is 2. The Hall–Kier alpha value is -0.780. The summed E-state index contributed by atoms with van der Waals surface area (Å²) in [5.41, 5.74) is 0.287. The van der Waals surface area contributed by atoms with Gasteiger partial charge >= 0.3 is 6.18 Å². The van der Waals surface area contributed by atoms with E-state index in [2.05, 4.69) is 0 Å². The van der Waals surface area contributed by atoms with Crippen molar-refractivity contribution in [1.29, 1.82) is 0 Å². The van der Waals surface area contributed by atoms with Gasteiger partial charge in [0.2, 0.25) is 0 Å². The second-order valence-corrected chi connectivity index (χ2v) is 6.01. The molecule has 7 heteroatoms. The normalized spacial score (nSPS) is 20.5. The molecule has 1 aromatic rings. The maximum Gasteiger partial charge on any atom is 0.393 e. The molecule has 0 amide bonds. The van der Waals surface area contributed by atoms with Crippen molar-refractivity contribution < 1.29 is 18.0 Å². The zero-order chi connectivity index (χ0) is 15.6. The zero-order valence-corrected chi connectivity index (χ0v) is 12.6. The van der Waals surface area contributed by atoms with E-state index in [-0.39, 0.29) is 35.9 Å². The molecular formula is C14H14Cl2F3NO. The number of rotatable bonds is 3. The highest BCUT2D eigenvalue weighted by molar-refractivity contribution is 6.36. The molecule has 0 saturated carbocycles. The van der Waals surface area contributed by atoms with Crippen LogP contribution in [0.15, 0.2) is 18.2 Å². The minimum Gasteiger partial charge on any atom is -0.295 e. The molecule has 0 aliphatic carbocycles. The van der Waals surface area contributed by atoms with Crippen LogP contribution in [0.5, 0.6) is 0 Å². The molecule has 21 heavy (non-hydrogen) atoms. The Labute approximate surface area is 130 Å². The van der Waals surface area contributed by atoms with Crippen molar-refractivity contribution in [2.75, 3.05) is 19.6 Å². The number of ketones is 1. The van der Waals surface area contributed by atoms with Crippen molar-refractivity contribution in [1.82, 2.24) is 4.90 Å². The Bertz CT molecular complexity index is 533. The predicted molar refractivity (Wildman–Crippen MR) is 76.0 cm³/mol. The number of carbonyl (C=O) groups is 1. The summed E-state index contributed by atoms with van der Waals surface area (Å²) >= 11 is 11.7. The van der Waals surface area contributed by atoms with Gasteiger partial charge in [0.05, 0.1) is 17.5 Å². The Morgan fingerprint density at radius 1 is 1.33 bits per heavy atom. The first-order valence-corrected chi connectivity index (χ1v) is 7.30. The first kappa shape index (κ1) is 16.6. The van der Waals surface area contributed by atoms with E-state index < -0.39 is 12.1 Å². The van der Waals surface area contributed by atoms with E-state index in [4.69, 9.17) is 23.2 Å². The molecule has 1 unspecified atom stereocenters. The first-order chi connectivity index (χ1) is 9.77. The summed E-state index contributed by atoms with van der Waals surface area (Å²) in [4.78, 5) is 13.7. The second-order valence-electron chi connectivity index (χ2n) is 5.16. The molecule has 0 spiro atoms. The molecule has 0 N–H and O–H groups in total. The Balaban J connectivity index is 2.02. The molecule has 2 rings (SSSR count). The van der Waals surface area contributed by atoms with Gasteiger partial charge in [0.15, 0.2) is 5.78 Å². The zero-order valence-electron chi connectivity index (χ0n) is 11.1. The lowest BCUT2D eigenvalue weighted by Crippen LogP contribution is -2.43. The van der Waals surface area contributed by atoms with E-state index in [0.29, 0.717) is 18.0 Å². The SMILES string of the molecule is O=C(CN1CCCC(C(F)(F)F)C1)c1ccc(Cl)cc1Cl. The van der Waals surface area contributed by atoms with E-state index in [9.17, 15) is 18.0 Å². The van der Waals surface area contributed by atoms with Crippen LogP contribution >= 0.6 is 23.2 Å². The maximum atomic E-state index is 12.7. The van der Waals surface area contributed by atoms with E-state index in [1.54, 1.807) is 0 Å². The molecule has 0 radical (unpaired) electrons. The van der Waals surface area contributed by atoms with Gasteiger partial charge in [-0.25, -0.2) is 0 Å². The Morgan fingerprint density at radius 3 is 2.67 bits per heavy atom. The van der Waals surface area contributed by atoms with Crippen LogP contribution in [0.2, 0.25) is 10.0 Å². The summed E-state index contributed by atoms with van der Waals surface area (Å²) in [5, 5.41) is 0.628. The number of piperidine rings is 1. The van der Waals surface area contributed by atoms with Crippen molar-refractivity contribution in [3.63, 3.8) is 0 Å².